The second kappa shape index (κ2) is 12.1. The number of benzene rings is 8. The minimum Gasteiger partial charge on any atom is -0.310 e. The molecule has 2 heteroatoms. The van der Waals surface area contributed by atoms with Crippen molar-refractivity contribution < 1.29 is 0 Å². The number of nitrogens with zero attached hydrogens (tertiary/aromatic N) is 1. The van der Waals surface area contributed by atoms with Crippen LogP contribution in [0, 0.1) is 0 Å². The molecule has 56 heavy (non-hydrogen) atoms. The highest BCUT2D eigenvalue weighted by Crippen LogP contribution is 2.58. The maximum atomic E-state index is 2.52. The van der Waals surface area contributed by atoms with E-state index in [9.17, 15) is 0 Å². The van der Waals surface area contributed by atoms with Gasteiger partial charge in [0.15, 0.2) is 0 Å². The second-order valence-electron chi connectivity index (χ2n) is 16.6. The van der Waals surface area contributed by atoms with E-state index in [1.807, 2.05) is 11.3 Å². The van der Waals surface area contributed by atoms with E-state index in [1.54, 1.807) is 0 Å². The molecular formula is C54H41NS. The Balaban J connectivity index is 1.07. The Morgan fingerprint density at radius 3 is 1.77 bits per heavy atom. The lowest BCUT2D eigenvalue weighted by Crippen LogP contribution is -2.31. The minimum absolute atomic E-state index is 0.0931. The molecule has 9 aromatic rings. The van der Waals surface area contributed by atoms with E-state index in [4.69, 9.17) is 0 Å². The van der Waals surface area contributed by atoms with Gasteiger partial charge in [-0.15, -0.1) is 11.3 Å². The molecule has 2 heterocycles. The number of thiophene rings is 1. The molecule has 268 valence electrons. The van der Waals surface area contributed by atoms with Gasteiger partial charge < -0.3 is 4.90 Å². The van der Waals surface area contributed by atoms with Crippen LogP contribution in [0.3, 0.4) is 0 Å². The van der Waals surface area contributed by atoms with Crippen LogP contribution in [0.2, 0.25) is 0 Å². The van der Waals surface area contributed by atoms with Gasteiger partial charge in [-0.1, -0.05) is 143 Å². The Hall–Kier alpha value is -6.22. The van der Waals surface area contributed by atoms with Gasteiger partial charge in [0, 0.05) is 36.7 Å². The molecule has 0 atom stereocenters. The van der Waals surface area contributed by atoms with E-state index in [0.29, 0.717) is 0 Å². The lowest BCUT2D eigenvalue weighted by atomic mass is 9.71. The fraction of sp³-hybridized carbons (Fsp3) is 0.111. The molecule has 0 bridgehead atoms. The Bertz CT molecular complexity index is 3020. The lowest BCUT2D eigenvalue weighted by Gasteiger charge is -2.43. The molecule has 1 aliphatic carbocycles. The summed E-state index contributed by atoms with van der Waals surface area (Å²) in [5.74, 6) is 0. The van der Waals surface area contributed by atoms with E-state index in [0.717, 1.165) is 0 Å². The third-order valence-corrected chi connectivity index (χ3v) is 13.8. The fourth-order valence-electron chi connectivity index (χ4n) is 9.60. The van der Waals surface area contributed by atoms with Gasteiger partial charge in [0.2, 0.25) is 0 Å². The van der Waals surface area contributed by atoms with Crippen molar-refractivity contribution in [1.29, 1.82) is 0 Å². The first kappa shape index (κ1) is 33.1. The maximum absolute atomic E-state index is 2.52. The van der Waals surface area contributed by atoms with Crippen molar-refractivity contribution in [2.24, 2.45) is 0 Å². The summed E-state index contributed by atoms with van der Waals surface area (Å²) in [6.45, 7) is 9.59. The van der Waals surface area contributed by atoms with E-state index in [2.05, 4.69) is 209 Å². The standard InChI is InChI=1S/C54H41NS/c1-53(2)45-19-10-8-17-41(45)43-32-48-50(33-46(43)53)55(40-25-21-35(22-26-40)34-13-6-5-7-14-34)49-27-23-39(31-47(49)54(48,3)4)37-16-12-15-36(29-37)38-24-28-52-44(30-38)42-18-9-11-20-51(42)56-52/h5-33H,1-4H3. The zero-order valence-corrected chi connectivity index (χ0v) is 32.9. The maximum Gasteiger partial charge on any atom is 0.0506 e. The Labute approximate surface area is 333 Å². The summed E-state index contributed by atoms with van der Waals surface area (Å²) < 4.78 is 2.67. The highest BCUT2D eigenvalue weighted by molar-refractivity contribution is 7.25. The van der Waals surface area contributed by atoms with Crippen molar-refractivity contribution in [3.05, 3.63) is 198 Å². The molecule has 0 radical (unpaired) electrons. The Kier molecular flexibility index (Phi) is 7.18. The van der Waals surface area contributed by atoms with Crippen LogP contribution in [0.5, 0.6) is 0 Å². The van der Waals surface area contributed by atoms with Crippen LogP contribution in [0.1, 0.15) is 49.9 Å². The van der Waals surface area contributed by atoms with Crippen LogP contribution < -0.4 is 4.90 Å². The minimum atomic E-state index is -0.249. The number of anilines is 3. The van der Waals surface area contributed by atoms with Crippen LogP contribution in [0.4, 0.5) is 17.1 Å². The van der Waals surface area contributed by atoms with E-state index < -0.39 is 0 Å². The van der Waals surface area contributed by atoms with Crippen molar-refractivity contribution in [3.8, 4) is 44.5 Å². The predicted octanol–water partition coefficient (Wildman–Crippen LogP) is 15.5. The van der Waals surface area contributed by atoms with E-state index >= 15 is 0 Å². The van der Waals surface area contributed by atoms with Gasteiger partial charge in [-0.05, 0) is 127 Å². The molecule has 0 amide bonds. The number of hydrogen-bond donors (Lipinski definition) is 0. The highest BCUT2D eigenvalue weighted by atomic mass is 32.1. The topological polar surface area (TPSA) is 3.24 Å². The zero-order chi connectivity index (χ0) is 37.8. The van der Waals surface area contributed by atoms with Gasteiger partial charge in [-0.3, -0.25) is 0 Å². The Morgan fingerprint density at radius 2 is 0.946 bits per heavy atom. The average molecular weight is 736 g/mol. The number of hydrogen-bond acceptors (Lipinski definition) is 2. The summed E-state index contributed by atoms with van der Waals surface area (Å²) in [6, 6.07) is 65.8. The molecule has 0 unspecified atom stereocenters. The lowest BCUT2D eigenvalue weighted by molar-refractivity contribution is 0.627. The van der Waals surface area contributed by atoms with Crippen LogP contribution >= 0.6 is 11.3 Å². The van der Waals surface area contributed by atoms with Crippen molar-refractivity contribution >= 4 is 48.6 Å². The third kappa shape index (κ3) is 4.92. The zero-order valence-electron chi connectivity index (χ0n) is 32.1. The summed E-state index contributed by atoms with van der Waals surface area (Å²) in [5.41, 5.74) is 18.9. The monoisotopic (exact) mass is 735 g/mol. The van der Waals surface area contributed by atoms with Gasteiger partial charge in [0.25, 0.3) is 0 Å². The number of fused-ring (bicyclic) bond motifs is 8. The van der Waals surface area contributed by atoms with Gasteiger partial charge in [0.1, 0.15) is 0 Å². The molecule has 0 saturated carbocycles. The summed E-state index contributed by atoms with van der Waals surface area (Å²) in [6.07, 6.45) is 0. The first-order valence-corrected chi connectivity index (χ1v) is 20.5. The normalized spacial score (nSPS) is 14.7. The molecule has 0 spiro atoms. The van der Waals surface area contributed by atoms with Crippen molar-refractivity contribution in [2.45, 2.75) is 38.5 Å². The molecule has 0 fully saturated rings. The van der Waals surface area contributed by atoms with Crippen LogP contribution in [0.15, 0.2) is 176 Å². The van der Waals surface area contributed by atoms with Gasteiger partial charge in [-0.2, -0.15) is 0 Å². The third-order valence-electron chi connectivity index (χ3n) is 12.7. The quantitative estimate of drug-likeness (QED) is 0.174. The molecule has 0 saturated heterocycles. The summed E-state index contributed by atoms with van der Waals surface area (Å²) >= 11 is 1.87. The molecule has 1 aromatic heterocycles. The first-order chi connectivity index (χ1) is 27.3. The van der Waals surface area contributed by atoms with E-state index in [-0.39, 0.29) is 10.8 Å². The smallest absolute Gasteiger partial charge is 0.0506 e. The van der Waals surface area contributed by atoms with Crippen LogP contribution in [0.25, 0.3) is 64.7 Å². The molecule has 2 aliphatic rings. The van der Waals surface area contributed by atoms with Crippen molar-refractivity contribution in [2.75, 3.05) is 4.90 Å². The second-order valence-corrected chi connectivity index (χ2v) is 17.7. The predicted molar refractivity (Wildman–Crippen MR) is 240 cm³/mol. The molecule has 1 nitrogen and oxygen atoms in total. The summed E-state index contributed by atoms with van der Waals surface area (Å²) in [5, 5.41) is 2.66. The summed E-state index contributed by atoms with van der Waals surface area (Å²) in [4.78, 5) is 2.52. The first-order valence-electron chi connectivity index (χ1n) is 19.7. The Morgan fingerprint density at radius 1 is 0.357 bits per heavy atom. The van der Waals surface area contributed by atoms with Gasteiger partial charge >= 0.3 is 0 Å². The molecule has 8 aromatic carbocycles. The van der Waals surface area contributed by atoms with Crippen molar-refractivity contribution in [3.63, 3.8) is 0 Å². The average Bonchev–Trinajstić information content (AvgIpc) is 3.72. The van der Waals surface area contributed by atoms with Crippen LogP contribution in [-0.2, 0) is 10.8 Å². The van der Waals surface area contributed by atoms with Gasteiger partial charge in [-0.25, -0.2) is 0 Å². The van der Waals surface area contributed by atoms with Crippen molar-refractivity contribution in [1.82, 2.24) is 0 Å². The van der Waals surface area contributed by atoms with Crippen LogP contribution in [-0.4, -0.2) is 0 Å². The molecule has 11 rings (SSSR count). The SMILES string of the molecule is CC1(C)c2ccccc2-c2cc3c(cc21)N(c1ccc(-c2ccccc2)cc1)c1ccc(-c2cccc(-c4ccc5sc6ccccc6c5c4)c2)cc1C3(C)C. The summed E-state index contributed by atoms with van der Waals surface area (Å²) in [7, 11) is 0. The molecular weight excluding hydrogens is 695 g/mol. The van der Waals surface area contributed by atoms with Gasteiger partial charge in [0.05, 0.1) is 11.4 Å². The molecule has 1 aliphatic heterocycles. The highest BCUT2D eigenvalue weighted by Gasteiger charge is 2.42. The number of rotatable bonds is 4. The fourth-order valence-corrected chi connectivity index (χ4v) is 10.7. The van der Waals surface area contributed by atoms with E-state index in [1.165, 1.54) is 104 Å². The molecule has 0 N–H and O–H groups in total. The largest absolute Gasteiger partial charge is 0.310 e.